The molecule has 0 saturated carbocycles. The lowest BCUT2D eigenvalue weighted by Gasteiger charge is -2.38. The van der Waals surface area contributed by atoms with Gasteiger partial charge >= 0.3 is 0 Å². The van der Waals surface area contributed by atoms with E-state index < -0.39 is 0 Å². The van der Waals surface area contributed by atoms with Crippen molar-refractivity contribution in [1.29, 1.82) is 5.26 Å². The van der Waals surface area contributed by atoms with Crippen LogP contribution in [0.15, 0.2) is 22.8 Å². The van der Waals surface area contributed by atoms with Gasteiger partial charge in [-0.2, -0.15) is 5.26 Å². The highest BCUT2D eigenvalue weighted by atomic mass is 79.9. The summed E-state index contributed by atoms with van der Waals surface area (Å²) in [6.07, 6.45) is 2.44. The van der Waals surface area contributed by atoms with Crippen molar-refractivity contribution in [2.45, 2.75) is 19.4 Å². The van der Waals surface area contributed by atoms with Gasteiger partial charge in [0.2, 0.25) is 0 Å². The fourth-order valence-electron chi connectivity index (χ4n) is 2.21. The quantitative estimate of drug-likeness (QED) is 0.859. The van der Waals surface area contributed by atoms with Crippen molar-refractivity contribution >= 4 is 21.7 Å². The zero-order chi connectivity index (χ0) is 13.0. The van der Waals surface area contributed by atoms with E-state index in [1.54, 1.807) is 0 Å². The Hall–Kier alpha value is -1.12. The molecule has 1 saturated heterocycles. The van der Waals surface area contributed by atoms with Crippen molar-refractivity contribution in [3.05, 3.63) is 22.8 Å². The molecule has 1 atom stereocenters. The maximum atomic E-state index is 8.72. The fourth-order valence-corrected chi connectivity index (χ4v) is 2.44. The summed E-state index contributed by atoms with van der Waals surface area (Å²) in [5.74, 6) is 1.03. The number of anilines is 1. The molecule has 2 heterocycles. The molecule has 18 heavy (non-hydrogen) atoms. The van der Waals surface area contributed by atoms with Crippen LogP contribution in [0.3, 0.4) is 0 Å². The Bertz CT molecular complexity index is 418. The van der Waals surface area contributed by atoms with E-state index in [2.05, 4.69) is 43.7 Å². The van der Waals surface area contributed by atoms with Gasteiger partial charge in [0.15, 0.2) is 0 Å². The topological polar surface area (TPSA) is 43.2 Å². The van der Waals surface area contributed by atoms with Gasteiger partial charge in [-0.15, -0.1) is 0 Å². The van der Waals surface area contributed by atoms with E-state index in [9.17, 15) is 0 Å². The van der Waals surface area contributed by atoms with Crippen LogP contribution in [0.1, 0.15) is 13.3 Å². The first-order chi connectivity index (χ1) is 8.70. The molecule has 0 aromatic carbocycles. The van der Waals surface area contributed by atoms with E-state index in [0.29, 0.717) is 12.5 Å². The van der Waals surface area contributed by atoms with Crippen LogP contribution in [0.4, 0.5) is 5.82 Å². The zero-order valence-electron chi connectivity index (χ0n) is 10.5. The number of piperazine rings is 1. The highest BCUT2D eigenvalue weighted by molar-refractivity contribution is 9.10. The van der Waals surface area contributed by atoms with Gasteiger partial charge in [-0.05, 0) is 35.0 Å². The first-order valence-corrected chi connectivity index (χ1v) is 6.97. The summed E-state index contributed by atoms with van der Waals surface area (Å²) in [6.45, 7) is 6.08. The minimum Gasteiger partial charge on any atom is -0.354 e. The van der Waals surface area contributed by atoms with E-state index >= 15 is 0 Å². The smallest absolute Gasteiger partial charge is 0.128 e. The molecule has 2 rings (SSSR count). The lowest BCUT2D eigenvalue weighted by Crippen LogP contribution is -2.49. The third kappa shape index (κ3) is 3.21. The number of halogens is 1. The maximum absolute atomic E-state index is 8.72. The minimum absolute atomic E-state index is 0.357. The van der Waals surface area contributed by atoms with Crippen molar-refractivity contribution in [2.75, 3.05) is 31.1 Å². The summed E-state index contributed by atoms with van der Waals surface area (Å²) in [4.78, 5) is 9.08. The molecule has 1 aromatic rings. The SMILES string of the molecule is C[C@H](CC#N)N1CCN(c2ccc(Br)cn2)CC1. The summed E-state index contributed by atoms with van der Waals surface area (Å²) in [5.41, 5.74) is 0. The van der Waals surface area contributed by atoms with E-state index in [0.717, 1.165) is 36.5 Å². The molecule has 0 amide bonds. The van der Waals surface area contributed by atoms with Crippen LogP contribution >= 0.6 is 15.9 Å². The Kier molecular flexibility index (Phi) is 4.56. The Morgan fingerprint density at radius 3 is 2.67 bits per heavy atom. The van der Waals surface area contributed by atoms with Crippen molar-refractivity contribution in [1.82, 2.24) is 9.88 Å². The number of aromatic nitrogens is 1. The summed E-state index contributed by atoms with van der Waals surface area (Å²) >= 11 is 3.40. The Labute approximate surface area is 116 Å². The van der Waals surface area contributed by atoms with Crippen molar-refractivity contribution in [3.8, 4) is 6.07 Å². The van der Waals surface area contributed by atoms with E-state index in [1.807, 2.05) is 18.3 Å². The van der Waals surface area contributed by atoms with Gasteiger partial charge in [-0.25, -0.2) is 4.98 Å². The van der Waals surface area contributed by atoms with Gasteiger partial charge in [0, 0.05) is 42.9 Å². The number of nitrogens with zero attached hydrogens (tertiary/aromatic N) is 4. The summed E-state index contributed by atoms with van der Waals surface area (Å²) in [6, 6.07) is 6.66. The second-order valence-corrected chi connectivity index (χ2v) is 5.48. The number of hydrogen-bond acceptors (Lipinski definition) is 4. The van der Waals surface area contributed by atoms with Crippen LogP contribution in [0, 0.1) is 11.3 Å². The zero-order valence-corrected chi connectivity index (χ0v) is 12.1. The van der Waals surface area contributed by atoms with E-state index in [1.165, 1.54) is 0 Å². The highest BCUT2D eigenvalue weighted by Gasteiger charge is 2.21. The van der Waals surface area contributed by atoms with Crippen molar-refractivity contribution < 1.29 is 0 Å². The van der Waals surface area contributed by atoms with Gasteiger partial charge < -0.3 is 4.90 Å². The average molecular weight is 309 g/mol. The molecule has 96 valence electrons. The van der Waals surface area contributed by atoms with Gasteiger partial charge in [0.1, 0.15) is 5.82 Å². The van der Waals surface area contributed by atoms with Crippen LogP contribution in [0.5, 0.6) is 0 Å². The predicted octanol–water partition coefficient (Wildman–Crippen LogP) is 2.27. The molecule has 1 aliphatic heterocycles. The summed E-state index contributed by atoms with van der Waals surface area (Å²) < 4.78 is 1.01. The minimum atomic E-state index is 0.357. The van der Waals surface area contributed by atoms with Crippen LogP contribution in [-0.2, 0) is 0 Å². The van der Waals surface area contributed by atoms with Gasteiger partial charge in [-0.3, -0.25) is 4.90 Å². The molecule has 0 unspecified atom stereocenters. The predicted molar refractivity (Wildman–Crippen MR) is 75.4 cm³/mol. The second-order valence-electron chi connectivity index (χ2n) is 4.57. The molecule has 1 aliphatic rings. The molecule has 0 radical (unpaired) electrons. The van der Waals surface area contributed by atoms with Crippen LogP contribution in [0.25, 0.3) is 0 Å². The Morgan fingerprint density at radius 1 is 1.39 bits per heavy atom. The molecule has 0 aliphatic carbocycles. The normalized spacial score (nSPS) is 18.4. The first kappa shape index (κ1) is 13.3. The van der Waals surface area contributed by atoms with E-state index in [4.69, 9.17) is 5.26 Å². The number of nitriles is 1. The van der Waals surface area contributed by atoms with Gasteiger partial charge in [0.25, 0.3) is 0 Å². The summed E-state index contributed by atoms with van der Waals surface area (Å²) in [5, 5.41) is 8.72. The molecule has 1 aromatic heterocycles. The molecule has 0 spiro atoms. The number of hydrogen-bond donors (Lipinski definition) is 0. The average Bonchev–Trinajstić information content (AvgIpc) is 2.40. The third-order valence-corrected chi connectivity index (χ3v) is 3.83. The van der Waals surface area contributed by atoms with Crippen LogP contribution in [-0.4, -0.2) is 42.1 Å². The Balaban J connectivity index is 1.90. The van der Waals surface area contributed by atoms with E-state index in [-0.39, 0.29) is 0 Å². The van der Waals surface area contributed by atoms with Crippen molar-refractivity contribution in [3.63, 3.8) is 0 Å². The van der Waals surface area contributed by atoms with Gasteiger partial charge in [-0.1, -0.05) is 0 Å². The monoisotopic (exact) mass is 308 g/mol. The molecular weight excluding hydrogens is 292 g/mol. The molecule has 0 bridgehead atoms. The van der Waals surface area contributed by atoms with Crippen molar-refractivity contribution in [2.24, 2.45) is 0 Å². The molecule has 4 nitrogen and oxygen atoms in total. The highest BCUT2D eigenvalue weighted by Crippen LogP contribution is 2.17. The lowest BCUT2D eigenvalue weighted by molar-refractivity contribution is 0.199. The lowest BCUT2D eigenvalue weighted by atomic mass is 10.2. The second kappa shape index (κ2) is 6.17. The third-order valence-electron chi connectivity index (χ3n) is 3.36. The molecule has 0 N–H and O–H groups in total. The fraction of sp³-hybridized carbons (Fsp3) is 0.538. The molecule has 5 heteroatoms. The largest absolute Gasteiger partial charge is 0.354 e. The first-order valence-electron chi connectivity index (χ1n) is 6.18. The number of rotatable bonds is 3. The van der Waals surface area contributed by atoms with Crippen LogP contribution < -0.4 is 4.90 Å². The number of pyridine rings is 1. The molecule has 1 fully saturated rings. The van der Waals surface area contributed by atoms with Crippen LogP contribution in [0.2, 0.25) is 0 Å². The van der Waals surface area contributed by atoms with Gasteiger partial charge in [0.05, 0.1) is 12.5 Å². The maximum Gasteiger partial charge on any atom is 0.128 e. The standard InChI is InChI=1S/C13H17BrN4/c1-11(4-5-15)17-6-8-18(9-7-17)13-3-2-12(14)10-16-13/h2-3,10-11H,4,6-9H2,1H3/t11-/m1/s1. The molecular formula is C13H17BrN4. The summed E-state index contributed by atoms with van der Waals surface area (Å²) in [7, 11) is 0. The Morgan fingerprint density at radius 2 is 2.11 bits per heavy atom.